The van der Waals surface area contributed by atoms with Crippen LogP contribution in [0.2, 0.25) is 0 Å². The Morgan fingerprint density at radius 2 is 2.23 bits per heavy atom. The molecule has 0 radical (unpaired) electrons. The molecule has 3 heteroatoms. The number of hydrogen-bond donors (Lipinski definition) is 1. The van der Waals surface area contributed by atoms with Crippen molar-refractivity contribution < 1.29 is 0 Å². The molecule has 0 amide bonds. The van der Waals surface area contributed by atoms with E-state index in [0.717, 1.165) is 19.4 Å². The normalized spacial score (nSPS) is 12.0. The van der Waals surface area contributed by atoms with Crippen LogP contribution < -0.4 is 5.73 Å². The second-order valence-corrected chi connectivity index (χ2v) is 4.85. The SMILES string of the molecule is CCc1nc(C(C)(C)CCN)cs1. The molecule has 0 aromatic carbocycles. The summed E-state index contributed by atoms with van der Waals surface area (Å²) in [7, 11) is 0. The molecule has 0 atom stereocenters. The van der Waals surface area contributed by atoms with Crippen LogP contribution in [0.15, 0.2) is 5.38 Å². The van der Waals surface area contributed by atoms with Crippen LogP contribution in [0, 0.1) is 0 Å². The molecule has 1 rings (SSSR count). The van der Waals surface area contributed by atoms with Crippen LogP contribution in [0.25, 0.3) is 0 Å². The van der Waals surface area contributed by atoms with Crippen LogP contribution in [0.4, 0.5) is 0 Å². The molecule has 74 valence electrons. The van der Waals surface area contributed by atoms with E-state index >= 15 is 0 Å². The first kappa shape index (κ1) is 10.7. The summed E-state index contributed by atoms with van der Waals surface area (Å²) >= 11 is 1.75. The maximum absolute atomic E-state index is 5.57. The average molecular weight is 198 g/mol. The van der Waals surface area contributed by atoms with E-state index in [9.17, 15) is 0 Å². The second kappa shape index (κ2) is 4.20. The van der Waals surface area contributed by atoms with E-state index in [2.05, 4.69) is 31.1 Å². The van der Waals surface area contributed by atoms with Gasteiger partial charge in [0.25, 0.3) is 0 Å². The Labute approximate surface area is 84.2 Å². The van der Waals surface area contributed by atoms with Crippen molar-refractivity contribution in [3.8, 4) is 0 Å². The lowest BCUT2D eigenvalue weighted by atomic mass is 9.86. The molecule has 1 aromatic heterocycles. The Kier molecular flexibility index (Phi) is 3.45. The van der Waals surface area contributed by atoms with Gasteiger partial charge in [-0.25, -0.2) is 4.98 Å². The fourth-order valence-electron chi connectivity index (χ4n) is 1.27. The molecule has 0 fully saturated rings. The fraction of sp³-hybridized carbons (Fsp3) is 0.700. The minimum absolute atomic E-state index is 0.138. The Balaban J connectivity index is 2.80. The molecule has 13 heavy (non-hydrogen) atoms. The first-order valence-corrected chi connectivity index (χ1v) is 5.63. The van der Waals surface area contributed by atoms with Crippen molar-refractivity contribution in [2.24, 2.45) is 5.73 Å². The summed E-state index contributed by atoms with van der Waals surface area (Å²) in [5, 5.41) is 3.38. The molecule has 0 unspecified atom stereocenters. The third-order valence-corrected chi connectivity index (χ3v) is 3.31. The number of hydrogen-bond acceptors (Lipinski definition) is 3. The Bertz CT molecular complexity index is 266. The summed E-state index contributed by atoms with van der Waals surface area (Å²) in [4.78, 5) is 4.58. The number of aromatic nitrogens is 1. The van der Waals surface area contributed by atoms with Gasteiger partial charge in [-0.1, -0.05) is 20.8 Å². The van der Waals surface area contributed by atoms with Crippen LogP contribution in [0.5, 0.6) is 0 Å². The lowest BCUT2D eigenvalue weighted by Gasteiger charge is -2.21. The molecule has 0 saturated heterocycles. The van der Waals surface area contributed by atoms with Crippen molar-refractivity contribution >= 4 is 11.3 Å². The zero-order valence-corrected chi connectivity index (χ0v) is 9.45. The highest BCUT2D eigenvalue weighted by Gasteiger charge is 2.22. The van der Waals surface area contributed by atoms with Crippen LogP contribution >= 0.6 is 11.3 Å². The predicted molar refractivity (Wildman–Crippen MR) is 58.2 cm³/mol. The molecule has 0 aliphatic heterocycles. The standard InChI is InChI=1S/C10H18N2S/c1-4-9-12-8(7-13-9)10(2,3)5-6-11/h7H,4-6,11H2,1-3H3. The van der Waals surface area contributed by atoms with Crippen LogP contribution in [-0.2, 0) is 11.8 Å². The van der Waals surface area contributed by atoms with E-state index in [1.165, 1.54) is 10.7 Å². The highest BCUT2D eigenvalue weighted by atomic mass is 32.1. The largest absolute Gasteiger partial charge is 0.330 e. The summed E-state index contributed by atoms with van der Waals surface area (Å²) in [5.74, 6) is 0. The molecular formula is C10H18N2S. The van der Waals surface area contributed by atoms with Crippen molar-refractivity contribution in [1.29, 1.82) is 0 Å². The number of nitrogens with zero attached hydrogens (tertiary/aromatic N) is 1. The molecule has 0 aliphatic carbocycles. The van der Waals surface area contributed by atoms with Crippen molar-refractivity contribution in [3.05, 3.63) is 16.1 Å². The third kappa shape index (κ3) is 2.51. The highest BCUT2D eigenvalue weighted by Crippen LogP contribution is 2.27. The van der Waals surface area contributed by atoms with Crippen LogP contribution in [0.3, 0.4) is 0 Å². The zero-order valence-electron chi connectivity index (χ0n) is 8.63. The number of rotatable bonds is 4. The van der Waals surface area contributed by atoms with E-state index < -0.39 is 0 Å². The van der Waals surface area contributed by atoms with E-state index in [1.54, 1.807) is 11.3 Å². The Morgan fingerprint density at radius 1 is 1.54 bits per heavy atom. The van der Waals surface area contributed by atoms with E-state index in [4.69, 9.17) is 5.73 Å². The molecule has 1 heterocycles. The summed E-state index contributed by atoms with van der Waals surface area (Å²) < 4.78 is 0. The molecule has 0 saturated carbocycles. The van der Waals surface area contributed by atoms with Gasteiger partial charge in [-0.2, -0.15) is 0 Å². The van der Waals surface area contributed by atoms with Crippen LogP contribution in [-0.4, -0.2) is 11.5 Å². The van der Waals surface area contributed by atoms with Gasteiger partial charge < -0.3 is 5.73 Å². The predicted octanol–water partition coefficient (Wildman–Crippen LogP) is 2.33. The average Bonchev–Trinajstić information content (AvgIpc) is 2.52. The minimum atomic E-state index is 0.138. The first-order valence-electron chi connectivity index (χ1n) is 4.75. The summed E-state index contributed by atoms with van der Waals surface area (Å²) in [6, 6.07) is 0. The van der Waals surface area contributed by atoms with Crippen LogP contribution in [0.1, 0.15) is 37.9 Å². The topological polar surface area (TPSA) is 38.9 Å². The molecule has 2 nitrogen and oxygen atoms in total. The first-order chi connectivity index (χ1) is 6.10. The van der Waals surface area contributed by atoms with Gasteiger partial charge in [-0.05, 0) is 19.4 Å². The molecule has 2 N–H and O–H groups in total. The molecular weight excluding hydrogens is 180 g/mol. The maximum atomic E-state index is 5.57. The quantitative estimate of drug-likeness (QED) is 0.806. The van der Waals surface area contributed by atoms with Gasteiger partial charge in [0.1, 0.15) is 0 Å². The number of aryl methyl sites for hydroxylation is 1. The summed E-state index contributed by atoms with van der Waals surface area (Å²) in [6.45, 7) is 7.27. The smallest absolute Gasteiger partial charge is 0.0925 e. The maximum Gasteiger partial charge on any atom is 0.0925 e. The molecule has 1 aromatic rings. The van der Waals surface area contributed by atoms with Crippen molar-refractivity contribution in [1.82, 2.24) is 4.98 Å². The number of thiazole rings is 1. The lowest BCUT2D eigenvalue weighted by molar-refractivity contribution is 0.475. The minimum Gasteiger partial charge on any atom is -0.330 e. The van der Waals surface area contributed by atoms with E-state index in [0.29, 0.717) is 0 Å². The summed E-state index contributed by atoms with van der Waals surface area (Å²) in [5.41, 5.74) is 6.90. The molecule has 0 spiro atoms. The van der Waals surface area contributed by atoms with Crippen molar-refractivity contribution in [2.75, 3.05) is 6.54 Å². The molecule has 0 bridgehead atoms. The second-order valence-electron chi connectivity index (χ2n) is 3.90. The number of nitrogens with two attached hydrogens (primary N) is 1. The Morgan fingerprint density at radius 3 is 2.69 bits per heavy atom. The van der Waals surface area contributed by atoms with E-state index in [1.807, 2.05) is 0 Å². The van der Waals surface area contributed by atoms with E-state index in [-0.39, 0.29) is 5.41 Å². The van der Waals surface area contributed by atoms with Gasteiger partial charge in [-0.3, -0.25) is 0 Å². The zero-order chi connectivity index (χ0) is 9.90. The lowest BCUT2D eigenvalue weighted by Crippen LogP contribution is -2.22. The van der Waals surface area contributed by atoms with Gasteiger partial charge in [0.15, 0.2) is 0 Å². The van der Waals surface area contributed by atoms with Gasteiger partial charge in [0.2, 0.25) is 0 Å². The van der Waals surface area contributed by atoms with Crippen molar-refractivity contribution in [2.45, 2.75) is 39.0 Å². The van der Waals surface area contributed by atoms with Gasteiger partial charge >= 0.3 is 0 Å². The molecule has 0 aliphatic rings. The fourth-order valence-corrected chi connectivity index (χ4v) is 2.21. The Hall–Kier alpha value is -0.410. The van der Waals surface area contributed by atoms with Gasteiger partial charge in [0.05, 0.1) is 10.7 Å². The van der Waals surface area contributed by atoms with Crippen molar-refractivity contribution in [3.63, 3.8) is 0 Å². The highest BCUT2D eigenvalue weighted by molar-refractivity contribution is 7.09. The monoisotopic (exact) mass is 198 g/mol. The van der Waals surface area contributed by atoms with Gasteiger partial charge in [-0.15, -0.1) is 11.3 Å². The summed E-state index contributed by atoms with van der Waals surface area (Å²) in [6.07, 6.45) is 2.03. The third-order valence-electron chi connectivity index (χ3n) is 2.32. The van der Waals surface area contributed by atoms with Gasteiger partial charge in [0, 0.05) is 10.8 Å².